The van der Waals surface area contributed by atoms with Gasteiger partial charge in [0.2, 0.25) is 0 Å². The molecular weight excluding hydrogens is 242 g/mol. The van der Waals surface area contributed by atoms with Crippen LogP contribution in [0.25, 0.3) is 5.57 Å². The van der Waals surface area contributed by atoms with Gasteiger partial charge in [0.1, 0.15) is 5.75 Å². The van der Waals surface area contributed by atoms with Gasteiger partial charge in [0.15, 0.2) is 5.76 Å². The fourth-order valence-electron chi connectivity index (χ4n) is 2.98. The van der Waals surface area contributed by atoms with E-state index in [2.05, 4.69) is 0 Å². The molecule has 1 N–H and O–H groups in total. The molecule has 0 aliphatic carbocycles. The third-order valence-corrected chi connectivity index (χ3v) is 3.96. The lowest BCUT2D eigenvalue weighted by molar-refractivity contribution is -0.130. The van der Waals surface area contributed by atoms with E-state index in [1.165, 1.54) is 0 Å². The molecule has 1 aromatic rings. The Morgan fingerprint density at radius 2 is 2.00 bits per heavy atom. The minimum absolute atomic E-state index is 0.0367. The van der Waals surface area contributed by atoms with Crippen LogP contribution in [0.2, 0.25) is 0 Å². The Morgan fingerprint density at radius 3 is 2.68 bits per heavy atom. The number of fused-ring (bicyclic) bond motifs is 1. The van der Waals surface area contributed by atoms with Crippen LogP contribution in [0.1, 0.15) is 24.8 Å². The maximum absolute atomic E-state index is 12.0. The molecule has 2 heterocycles. The molecule has 0 aromatic heterocycles. The lowest BCUT2D eigenvalue weighted by Crippen LogP contribution is -2.39. The van der Waals surface area contributed by atoms with Crippen LogP contribution in [0.15, 0.2) is 30.0 Å². The lowest BCUT2D eigenvalue weighted by Gasteiger charge is -2.31. The third-order valence-electron chi connectivity index (χ3n) is 3.96. The van der Waals surface area contributed by atoms with Crippen molar-refractivity contribution in [3.63, 3.8) is 0 Å². The van der Waals surface area contributed by atoms with Gasteiger partial charge in [-0.05, 0) is 37.0 Å². The quantitative estimate of drug-likeness (QED) is 0.887. The summed E-state index contributed by atoms with van der Waals surface area (Å²) in [5, 5.41) is 10.1. The Kier molecular flexibility index (Phi) is 2.93. The predicted octanol–water partition coefficient (Wildman–Crippen LogP) is 2.36. The van der Waals surface area contributed by atoms with E-state index in [1.807, 2.05) is 24.3 Å². The van der Waals surface area contributed by atoms with Crippen LogP contribution >= 0.6 is 0 Å². The van der Waals surface area contributed by atoms with Crippen molar-refractivity contribution in [2.75, 3.05) is 13.7 Å². The fourth-order valence-corrected chi connectivity index (χ4v) is 2.98. The number of rotatable bonds is 2. The Labute approximate surface area is 112 Å². The Hall–Kier alpha value is -1.97. The van der Waals surface area contributed by atoms with E-state index in [9.17, 15) is 9.90 Å². The molecule has 4 heteroatoms. The van der Waals surface area contributed by atoms with Gasteiger partial charge in [-0.3, -0.25) is 4.79 Å². The van der Waals surface area contributed by atoms with Crippen LogP contribution in [0.3, 0.4) is 0 Å². The van der Waals surface area contributed by atoms with Gasteiger partial charge in [0.05, 0.1) is 13.2 Å². The largest absolute Gasteiger partial charge is 0.503 e. The number of hydrogen-bond donors (Lipinski definition) is 1. The summed E-state index contributed by atoms with van der Waals surface area (Å²) in [6.07, 6.45) is 3.05. The minimum atomic E-state index is -0.226. The van der Waals surface area contributed by atoms with Crippen molar-refractivity contribution in [1.82, 2.24) is 4.90 Å². The molecule has 2 aliphatic rings. The van der Waals surface area contributed by atoms with Gasteiger partial charge in [-0.25, -0.2) is 0 Å². The Balaban J connectivity index is 1.99. The summed E-state index contributed by atoms with van der Waals surface area (Å²) in [6.45, 7) is 0.743. The smallest absolute Gasteiger partial charge is 0.289 e. The van der Waals surface area contributed by atoms with Crippen molar-refractivity contribution in [2.24, 2.45) is 0 Å². The molecule has 1 aromatic carbocycles. The number of carbonyl (C=O) groups is 1. The molecule has 0 saturated carbocycles. The summed E-state index contributed by atoms with van der Waals surface area (Å²) in [6, 6.07) is 7.54. The number of aliphatic hydroxyl groups excluding tert-OH is 1. The van der Waals surface area contributed by atoms with Crippen molar-refractivity contribution in [1.29, 1.82) is 0 Å². The highest BCUT2D eigenvalue weighted by Crippen LogP contribution is 2.38. The summed E-state index contributed by atoms with van der Waals surface area (Å²) in [5.74, 6) is 0.459. The van der Waals surface area contributed by atoms with Crippen LogP contribution in [0, 0.1) is 0 Å². The van der Waals surface area contributed by atoms with Gasteiger partial charge in [-0.1, -0.05) is 12.1 Å². The molecule has 100 valence electrons. The lowest BCUT2D eigenvalue weighted by atomic mass is 9.93. The number of ether oxygens (including phenoxy) is 1. The first kappa shape index (κ1) is 12.1. The highest BCUT2D eigenvalue weighted by atomic mass is 16.5. The first-order valence-corrected chi connectivity index (χ1v) is 6.61. The van der Waals surface area contributed by atoms with Crippen molar-refractivity contribution < 1.29 is 14.6 Å². The first-order chi connectivity index (χ1) is 9.22. The topological polar surface area (TPSA) is 49.8 Å². The summed E-state index contributed by atoms with van der Waals surface area (Å²) in [7, 11) is 1.62. The molecular formula is C15H17NO3. The molecule has 19 heavy (non-hydrogen) atoms. The zero-order chi connectivity index (χ0) is 13.4. The minimum Gasteiger partial charge on any atom is -0.503 e. The molecule has 0 radical (unpaired) electrons. The first-order valence-electron chi connectivity index (χ1n) is 6.61. The van der Waals surface area contributed by atoms with Crippen molar-refractivity contribution >= 4 is 11.5 Å². The Bertz CT molecular complexity index is 533. The maximum atomic E-state index is 12.0. The predicted molar refractivity (Wildman–Crippen MR) is 71.9 cm³/mol. The van der Waals surface area contributed by atoms with Crippen LogP contribution in [0.5, 0.6) is 5.75 Å². The zero-order valence-electron chi connectivity index (χ0n) is 10.9. The number of methoxy groups -OCH3 is 1. The molecule has 1 fully saturated rings. The molecule has 4 nitrogen and oxygen atoms in total. The second-order valence-corrected chi connectivity index (χ2v) is 5.00. The standard InChI is InChI=1S/C15H17NO3/c1-19-11-7-5-10(6-8-11)13-12-4-2-3-9-16(12)15(18)14(13)17/h5-8,12,17H,2-4,9H2,1H3. The summed E-state index contributed by atoms with van der Waals surface area (Å²) >= 11 is 0. The molecule has 3 rings (SSSR count). The highest BCUT2D eigenvalue weighted by Gasteiger charge is 2.40. The number of benzene rings is 1. The van der Waals surface area contributed by atoms with E-state index in [1.54, 1.807) is 12.0 Å². The van der Waals surface area contributed by atoms with Gasteiger partial charge in [0.25, 0.3) is 5.91 Å². The van der Waals surface area contributed by atoms with Gasteiger partial charge < -0.3 is 14.7 Å². The fraction of sp³-hybridized carbons (Fsp3) is 0.400. The molecule has 2 aliphatic heterocycles. The van der Waals surface area contributed by atoms with E-state index < -0.39 is 0 Å². The van der Waals surface area contributed by atoms with Crippen LogP contribution in [-0.4, -0.2) is 35.6 Å². The average Bonchev–Trinajstić information content (AvgIpc) is 2.72. The average molecular weight is 259 g/mol. The van der Waals surface area contributed by atoms with Crippen LogP contribution in [0.4, 0.5) is 0 Å². The molecule has 0 bridgehead atoms. The molecule has 1 atom stereocenters. The van der Waals surface area contributed by atoms with Gasteiger partial charge in [0, 0.05) is 12.1 Å². The zero-order valence-corrected chi connectivity index (χ0v) is 10.9. The van der Waals surface area contributed by atoms with Crippen molar-refractivity contribution in [2.45, 2.75) is 25.3 Å². The van der Waals surface area contributed by atoms with E-state index in [0.29, 0.717) is 0 Å². The Morgan fingerprint density at radius 1 is 1.26 bits per heavy atom. The molecule has 1 amide bonds. The second kappa shape index (κ2) is 4.61. The number of hydrogen-bond acceptors (Lipinski definition) is 3. The van der Waals surface area contributed by atoms with E-state index >= 15 is 0 Å². The number of nitrogens with zero attached hydrogens (tertiary/aromatic N) is 1. The number of aliphatic hydroxyl groups is 1. The number of piperidine rings is 1. The number of amides is 1. The molecule has 1 unspecified atom stereocenters. The summed E-state index contributed by atoms with van der Waals surface area (Å²) in [5.41, 5.74) is 1.67. The molecule has 0 spiro atoms. The summed E-state index contributed by atoms with van der Waals surface area (Å²) in [4.78, 5) is 13.8. The molecule has 1 saturated heterocycles. The van der Waals surface area contributed by atoms with Crippen LogP contribution in [-0.2, 0) is 4.79 Å². The summed E-state index contributed by atoms with van der Waals surface area (Å²) < 4.78 is 5.13. The van der Waals surface area contributed by atoms with E-state index in [4.69, 9.17) is 4.74 Å². The van der Waals surface area contributed by atoms with E-state index in [0.717, 1.165) is 42.7 Å². The van der Waals surface area contributed by atoms with Crippen molar-refractivity contribution in [3.05, 3.63) is 35.6 Å². The van der Waals surface area contributed by atoms with Gasteiger partial charge >= 0.3 is 0 Å². The van der Waals surface area contributed by atoms with Crippen molar-refractivity contribution in [3.8, 4) is 5.75 Å². The second-order valence-electron chi connectivity index (χ2n) is 5.00. The highest BCUT2D eigenvalue weighted by molar-refractivity contribution is 6.05. The van der Waals surface area contributed by atoms with Gasteiger partial charge in [-0.15, -0.1) is 0 Å². The monoisotopic (exact) mass is 259 g/mol. The maximum Gasteiger partial charge on any atom is 0.289 e. The SMILES string of the molecule is COc1ccc(C2=C(O)C(=O)N3CCCCC23)cc1. The van der Waals surface area contributed by atoms with Crippen LogP contribution < -0.4 is 4.74 Å². The van der Waals surface area contributed by atoms with E-state index in [-0.39, 0.29) is 17.7 Å². The normalized spacial score (nSPS) is 22.7. The van der Waals surface area contributed by atoms with Gasteiger partial charge in [-0.2, -0.15) is 0 Å². The number of carbonyl (C=O) groups excluding carboxylic acids is 1. The third kappa shape index (κ3) is 1.87.